The Kier molecular flexibility index (Phi) is 5.20. The normalized spacial score (nSPS) is 25.2. The van der Waals surface area contributed by atoms with Gasteiger partial charge in [0.1, 0.15) is 0 Å². The number of rotatable bonds is 3. The van der Waals surface area contributed by atoms with Crippen LogP contribution in [-0.4, -0.2) is 47.3 Å². The number of urea groups is 1. The second-order valence-corrected chi connectivity index (χ2v) is 7.48. The van der Waals surface area contributed by atoms with E-state index in [1.165, 1.54) is 6.07 Å². The van der Waals surface area contributed by atoms with E-state index in [4.69, 9.17) is 16.3 Å². The molecule has 1 heterocycles. The van der Waals surface area contributed by atoms with Crippen molar-refractivity contribution in [2.24, 2.45) is 11.8 Å². The van der Waals surface area contributed by atoms with Gasteiger partial charge in [-0.1, -0.05) is 11.6 Å². The lowest BCUT2D eigenvalue weighted by atomic mass is 9.95. The molecule has 1 saturated carbocycles. The molecular formula is C18H23ClN2O4. The first-order valence-corrected chi connectivity index (χ1v) is 8.97. The van der Waals surface area contributed by atoms with Crippen molar-refractivity contribution in [2.45, 2.75) is 38.9 Å². The highest BCUT2D eigenvalue weighted by Gasteiger charge is 2.42. The summed E-state index contributed by atoms with van der Waals surface area (Å²) < 4.78 is 5.17. The number of esters is 1. The van der Waals surface area contributed by atoms with E-state index in [1.807, 2.05) is 0 Å². The molecule has 3 rings (SSSR count). The van der Waals surface area contributed by atoms with Crippen LogP contribution in [-0.2, 0) is 4.74 Å². The molecule has 1 aliphatic carbocycles. The van der Waals surface area contributed by atoms with Gasteiger partial charge in [0.25, 0.3) is 0 Å². The fourth-order valence-corrected chi connectivity index (χ4v) is 3.75. The zero-order valence-corrected chi connectivity index (χ0v) is 15.1. The standard InChI is InChI=1S/C18H23ClN2O4/c1-10(2)25-17(23)11-5-6-14(19)15(7-11)20-18(24)21-8-12-3-4-13(9-21)16(12)22/h5-7,10,12-13,16,22H,3-4,8-9H2,1-2H3,(H,20,24)/t12-,13+,16?. The van der Waals surface area contributed by atoms with E-state index in [0.717, 1.165) is 12.8 Å². The van der Waals surface area contributed by atoms with E-state index in [-0.39, 0.29) is 30.1 Å². The zero-order chi connectivity index (χ0) is 18.1. The summed E-state index contributed by atoms with van der Waals surface area (Å²) in [6.07, 6.45) is 1.37. The number of anilines is 1. The molecule has 2 N–H and O–H groups in total. The molecule has 0 spiro atoms. The molecule has 136 valence electrons. The third kappa shape index (κ3) is 3.90. The molecule has 1 saturated heterocycles. The van der Waals surface area contributed by atoms with Gasteiger partial charge in [-0.05, 0) is 44.9 Å². The van der Waals surface area contributed by atoms with Crippen LogP contribution in [0, 0.1) is 11.8 Å². The van der Waals surface area contributed by atoms with E-state index in [1.54, 1.807) is 30.9 Å². The summed E-state index contributed by atoms with van der Waals surface area (Å²) in [6.45, 7) is 4.62. The number of aliphatic hydroxyl groups is 1. The second-order valence-electron chi connectivity index (χ2n) is 7.07. The van der Waals surface area contributed by atoms with Gasteiger partial charge in [0.15, 0.2) is 0 Å². The van der Waals surface area contributed by atoms with E-state index < -0.39 is 5.97 Å². The number of aliphatic hydroxyl groups excluding tert-OH is 1. The number of amides is 2. The largest absolute Gasteiger partial charge is 0.459 e. The van der Waals surface area contributed by atoms with Crippen LogP contribution < -0.4 is 5.32 Å². The van der Waals surface area contributed by atoms with E-state index >= 15 is 0 Å². The third-order valence-electron chi connectivity index (χ3n) is 4.86. The molecule has 1 aromatic carbocycles. The third-order valence-corrected chi connectivity index (χ3v) is 5.19. The summed E-state index contributed by atoms with van der Waals surface area (Å²) in [6, 6.07) is 4.40. The lowest BCUT2D eigenvalue weighted by molar-refractivity contribution is 0.0325. The van der Waals surface area contributed by atoms with Crippen molar-refractivity contribution in [3.05, 3.63) is 28.8 Å². The van der Waals surface area contributed by atoms with Crippen LogP contribution in [0.25, 0.3) is 0 Å². The van der Waals surface area contributed by atoms with E-state index in [0.29, 0.717) is 29.4 Å². The fourth-order valence-electron chi connectivity index (χ4n) is 3.58. The Balaban J connectivity index is 1.70. The van der Waals surface area contributed by atoms with Gasteiger partial charge in [0.05, 0.1) is 28.5 Å². The minimum atomic E-state index is -0.457. The van der Waals surface area contributed by atoms with E-state index in [2.05, 4.69) is 5.32 Å². The Bertz CT molecular complexity index is 665. The number of halogens is 1. The molecule has 1 aliphatic heterocycles. The van der Waals surface area contributed by atoms with Crippen LogP contribution in [0.3, 0.4) is 0 Å². The Hall–Kier alpha value is -1.79. The van der Waals surface area contributed by atoms with Gasteiger partial charge in [-0.3, -0.25) is 0 Å². The maximum Gasteiger partial charge on any atom is 0.338 e. The summed E-state index contributed by atoms with van der Waals surface area (Å²) in [7, 11) is 0. The number of carbonyl (C=O) groups excluding carboxylic acids is 2. The van der Waals surface area contributed by atoms with E-state index in [9.17, 15) is 14.7 Å². The number of carbonyl (C=O) groups is 2. The lowest BCUT2D eigenvalue weighted by Gasteiger charge is -2.35. The molecule has 2 bridgehead atoms. The van der Waals surface area contributed by atoms with Crippen LogP contribution >= 0.6 is 11.6 Å². The molecule has 25 heavy (non-hydrogen) atoms. The summed E-state index contributed by atoms with van der Waals surface area (Å²) >= 11 is 6.16. The molecular weight excluding hydrogens is 344 g/mol. The highest BCUT2D eigenvalue weighted by Crippen LogP contribution is 2.37. The summed E-state index contributed by atoms with van der Waals surface area (Å²) in [5.41, 5.74) is 0.714. The topological polar surface area (TPSA) is 78.9 Å². The average molecular weight is 367 g/mol. The molecule has 1 aromatic rings. The Morgan fingerprint density at radius 1 is 1.28 bits per heavy atom. The number of nitrogens with one attached hydrogen (secondary N) is 1. The highest BCUT2D eigenvalue weighted by atomic mass is 35.5. The predicted octanol–water partition coefficient (Wildman–Crippen LogP) is 3.14. The van der Waals surface area contributed by atoms with Crippen molar-refractivity contribution < 1.29 is 19.4 Å². The molecule has 3 atom stereocenters. The number of nitrogens with zero attached hydrogens (tertiary/aromatic N) is 1. The number of likely N-dealkylation sites (tertiary alicyclic amines) is 1. The molecule has 7 heteroatoms. The van der Waals surface area contributed by atoms with Crippen LogP contribution in [0.15, 0.2) is 18.2 Å². The van der Waals surface area contributed by atoms with Gasteiger partial charge in [0.2, 0.25) is 0 Å². The Morgan fingerprint density at radius 2 is 1.92 bits per heavy atom. The van der Waals surface area contributed by atoms with Crippen LogP contribution in [0.4, 0.5) is 10.5 Å². The molecule has 2 amide bonds. The number of benzene rings is 1. The zero-order valence-electron chi connectivity index (χ0n) is 14.4. The average Bonchev–Trinajstić information content (AvgIpc) is 2.77. The minimum Gasteiger partial charge on any atom is -0.459 e. The van der Waals surface area contributed by atoms with Crippen molar-refractivity contribution in [2.75, 3.05) is 18.4 Å². The number of fused-ring (bicyclic) bond motifs is 2. The van der Waals surface area contributed by atoms with Crippen molar-refractivity contribution in [3.63, 3.8) is 0 Å². The monoisotopic (exact) mass is 366 g/mol. The summed E-state index contributed by atoms with van der Waals surface area (Å²) in [5, 5.41) is 13.2. The first-order valence-electron chi connectivity index (χ1n) is 8.59. The maximum absolute atomic E-state index is 12.6. The van der Waals surface area contributed by atoms with Gasteiger partial charge in [-0.2, -0.15) is 0 Å². The van der Waals surface area contributed by atoms with Gasteiger partial charge in [0, 0.05) is 24.9 Å². The minimum absolute atomic E-state index is 0.146. The molecule has 6 nitrogen and oxygen atoms in total. The van der Waals surface area contributed by atoms with Crippen molar-refractivity contribution in [3.8, 4) is 0 Å². The van der Waals surface area contributed by atoms with Gasteiger partial charge >= 0.3 is 12.0 Å². The van der Waals surface area contributed by atoms with Gasteiger partial charge in [-0.15, -0.1) is 0 Å². The summed E-state index contributed by atoms with van der Waals surface area (Å²) in [4.78, 5) is 26.3. The quantitative estimate of drug-likeness (QED) is 0.805. The maximum atomic E-state index is 12.6. The molecule has 0 radical (unpaired) electrons. The number of ether oxygens (including phenoxy) is 1. The van der Waals surface area contributed by atoms with Gasteiger partial charge < -0.3 is 20.1 Å². The number of hydrogen-bond donors (Lipinski definition) is 2. The van der Waals surface area contributed by atoms with Crippen molar-refractivity contribution in [1.29, 1.82) is 0 Å². The Morgan fingerprint density at radius 3 is 2.52 bits per heavy atom. The van der Waals surface area contributed by atoms with Crippen molar-refractivity contribution >= 4 is 29.3 Å². The van der Waals surface area contributed by atoms with Gasteiger partial charge in [-0.25, -0.2) is 9.59 Å². The molecule has 1 unspecified atom stereocenters. The van der Waals surface area contributed by atoms with Crippen LogP contribution in [0.5, 0.6) is 0 Å². The lowest BCUT2D eigenvalue weighted by Crippen LogP contribution is -2.48. The Labute approximate surface area is 152 Å². The first-order chi connectivity index (χ1) is 11.8. The highest BCUT2D eigenvalue weighted by molar-refractivity contribution is 6.33. The van der Waals surface area contributed by atoms with Crippen LogP contribution in [0.2, 0.25) is 5.02 Å². The second kappa shape index (κ2) is 7.22. The molecule has 2 fully saturated rings. The predicted molar refractivity (Wildman–Crippen MR) is 94.8 cm³/mol. The first kappa shape index (κ1) is 18.0. The van der Waals surface area contributed by atoms with Crippen molar-refractivity contribution in [1.82, 2.24) is 4.90 Å². The summed E-state index contributed by atoms with van der Waals surface area (Å²) in [5.74, 6) is -0.166. The number of hydrogen-bond acceptors (Lipinski definition) is 4. The smallest absolute Gasteiger partial charge is 0.338 e. The number of piperidine rings is 1. The fraction of sp³-hybridized carbons (Fsp3) is 0.556. The molecule has 2 aliphatic rings. The molecule has 0 aromatic heterocycles. The van der Waals surface area contributed by atoms with Crippen LogP contribution in [0.1, 0.15) is 37.0 Å². The SMILES string of the molecule is CC(C)OC(=O)c1ccc(Cl)c(NC(=O)N2C[C@H]3CC[C@@H](C2)C3O)c1.